The summed E-state index contributed by atoms with van der Waals surface area (Å²) in [7, 11) is 0. The molecule has 3 heteroatoms. The maximum atomic E-state index is 12.2. The van der Waals surface area contributed by atoms with Crippen LogP contribution in [0.15, 0.2) is 22.7 Å². The van der Waals surface area contributed by atoms with Crippen molar-refractivity contribution in [1.82, 2.24) is 0 Å². The summed E-state index contributed by atoms with van der Waals surface area (Å²) in [6.45, 7) is 1.20. The lowest BCUT2D eigenvalue weighted by Crippen LogP contribution is -1.97. The van der Waals surface area contributed by atoms with Crippen LogP contribution in [0, 0.1) is 5.92 Å². The predicted octanol–water partition coefficient (Wildman–Crippen LogP) is 3.07. The van der Waals surface area contributed by atoms with E-state index in [4.69, 9.17) is 0 Å². The van der Waals surface area contributed by atoms with Gasteiger partial charge in [-0.3, -0.25) is 4.39 Å². The van der Waals surface area contributed by atoms with Gasteiger partial charge >= 0.3 is 0 Å². The zero-order valence-corrected chi connectivity index (χ0v) is 8.23. The highest BCUT2D eigenvalue weighted by Gasteiger charge is 2.11. The molecule has 1 N–H and O–H groups in total. The van der Waals surface area contributed by atoms with Crippen LogP contribution in [0.3, 0.4) is 0 Å². The van der Waals surface area contributed by atoms with Crippen molar-refractivity contribution in [2.75, 3.05) is 6.67 Å². The second-order valence-corrected chi connectivity index (χ2v) is 3.35. The summed E-state index contributed by atoms with van der Waals surface area (Å²) < 4.78 is 12.8. The second kappa shape index (κ2) is 3.90. The van der Waals surface area contributed by atoms with Crippen molar-refractivity contribution in [1.29, 1.82) is 0 Å². The molecule has 0 saturated carbocycles. The fraction of sp³-hybridized carbons (Fsp3) is 0.222. The summed E-state index contributed by atoms with van der Waals surface area (Å²) >= 11 is 3.18. The topological polar surface area (TPSA) is 20.2 Å². The zero-order valence-electron chi connectivity index (χ0n) is 6.64. The molecule has 0 fully saturated rings. The highest BCUT2D eigenvalue weighted by atomic mass is 79.9. The molecule has 0 saturated heterocycles. The lowest BCUT2D eigenvalue weighted by molar-refractivity contribution is 0.469. The van der Waals surface area contributed by atoms with Gasteiger partial charge in [-0.2, -0.15) is 0 Å². The summed E-state index contributed by atoms with van der Waals surface area (Å²) in [5.41, 5.74) is 0.720. The molecule has 0 unspecified atom stereocenters. The lowest BCUT2D eigenvalue weighted by Gasteiger charge is -2.09. The van der Waals surface area contributed by atoms with E-state index in [9.17, 15) is 9.50 Å². The minimum absolute atomic E-state index is 0.139. The Labute approximate surface area is 79.4 Å². The van der Waals surface area contributed by atoms with Crippen molar-refractivity contribution in [2.24, 2.45) is 0 Å². The largest absolute Gasteiger partial charge is 0.507 e. The molecule has 0 atom stereocenters. The molecule has 0 amide bonds. The number of halogens is 2. The minimum atomic E-state index is -0.498. The molecule has 12 heavy (non-hydrogen) atoms. The van der Waals surface area contributed by atoms with E-state index in [1.165, 1.54) is 0 Å². The van der Waals surface area contributed by atoms with Crippen molar-refractivity contribution in [3.8, 4) is 5.75 Å². The van der Waals surface area contributed by atoms with Crippen LogP contribution in [0.1, 0.15) is 12.5 Å². The highest BCUT2D eigenvalue weighted by Crippen LogP contribution is 2.31. The van der Waals surface area contributed by atoms with Gasteiger partial charge in [0.15, 0.2) is 0 Å². The minimum Gasteiger partial charge on any atom is -0.507 e. The van der Waals surface area contributed by atoms with E-state index in [1.807, 2.05) is 0 Å². The number of phenols is 1. The standard InChI is InChI=1S/C9H9BrFO/c1-6(5-11)7-3-2-4-8(12)9(7)10/h2-4,12H,5H2,1H3. The number of hydrogen-bond acceptors (Lipinski definition) is 1. The van der Waals surface area contributed by atoms with Crippen LogP contribution in [-0.2, 0) is 0 Å². The Morgan fingerprint density at radius 1 is 1.58 bits per heavy atom. The van der Waals surface area contributed by atoms with Gasteiger partial charge in [0.1, 0.15) is 5.75 Å². The first-order chi connectivity index (χ1) is 5.66. The molecular weight excluding hydrogens is 223 g/mol. The molecule has 1 rings (SSSR count). The van der Waals surface area contributed by atoms with Gasteiger partial charge in [-0.25, -0.2) is 0 Å². The van der Waals surface area contributed by atoms with Crippen molar-refractivity contribution < 1.29 is 9.50 Å². The van der Waals surface area contributed by atoms with Crippen molar-refractivity contribution in [3.63, 3.8) is 0 Å². The van der Waals surface area contributed by atoms with Gasteiger partial charge < -0.3 is 5.11 Å². The highest BCUT2D eigenvalue weighted by molar-refractivity contribution is 9.10. The van der Waals surface area contributed by atoms with Gasteiger partial charge in [0, 0.05) is 5.92 Å². The van der Waals surface area contributed by atoms with Crippen LogP contribution in [0.5, 0.6) is 5.75 Å². The molecule has 1 aromatic rings. The summed E-state index contributed by atoms with van der Waals surface area (Å²) in [6, 6.07) is 5.01. The number of alkyl halides is 1. The summed E-state index contributed by atoms with van der Waals surface area (Å²) in [4.78, 5) is 0. The Balaban J connectivity index is 3.07. The smallest absolute Gasteiger partial charge is 0.130 e. The van der Waals surface area contributed by atoms with E-state index in [1.54, 1.807) is 25.1 Å². The first-order valence-electron chi connectivity index (χ1n) is 3.53. The third kappa shape index (κ3) is 1.78. The number of benzene rings is 1. The van der Waals surface area contributed by atoms with E-state index >= 15 is 0 Å². The Morgan fingerprint density at radius 2 is 2.25 bits per heavy atom. The number of rotatable bonds is 2. The Morgan fingerprint density at radius 3 is 2.83 bits per heavy atom. The normalized spacial score (nSPS) is 10.7. The fourth-order valence-electron chi connectivity index (χ4n) is 0.921. The molecule has 1 nitrogen and oxygen atoms in total. The van der Waals surface area contributed by atoms with Gasteiger partial charge in [0.25, 0.3) is 0 Å². The number of phenolic OH excluding ortho intramolecular Hbond substituents is 1. The third-order valence-corrected chi connectivity index (χ3v) is 2.47. The van der Waals surface area contributed by atoms with Gasteiger partial charge in [-0.1, -0.05) is 19.1 Å². The summed E-state index contributed by atoms with van der Waals surface area (Å²) in [6.07, 6.45) is 0. The van der Waals surface area contributed by atoms with E-state index in [0.29, 0.717) is 10.4 Å². The molecule has 0 aromatic heterocycles. The second-order valence-electron chi connectivity index (χ2n) is 2.55. The van der Waals surface area contributed by atoms with Gasteiger partial charge in [0.05, 0.1) is 11.1 Å². The number of aromatic hydroxyl groups is 1. The van der Waals surface area contributed by atoms with Crippen LogP contribution in [0.4, 0.5) is 4.39 Å². The van der Waals surface area contributed by atoms with Crippen LogP contribution in [-0.4, -0.2) is 11.8 Å². The third-order valence-electron chi connectivity index (χ3n) is 1.64. The van der Waals surface area contributed by atoms with Crippen molar-refractivity contribution >= 4 is 15.9 Å². The molecule has 0 aliphatic carbocycles. The average molecular weight is 232 g/mol. The molecule has 65 valence electrons. The molecule has 1 aromatic carbocycles. The van der Waals surface area contributed by atoms with Crippen LogP contribution in [0.25, 0.3) is 0 Å². The lowest BCUT2D eigenvalue weighted by atomic mass is 10.0. The van der Waals surface area contributed by atoms with Crippen LogP contribution >= 0.6 is 15.9 Å². The monoisotopic (exact) mass is 231 g/mol. The van der Waals surface area contributed by atoms with E-state index in [-0.39, 0.29) is 5.75 Å². The Hall–Kier alpha value is -0.570. The van der Waals surface area contributed by atoms with Crippen LogP contribution < -0.4 is 0 Å². The zero-order chi connectivity index (χ0) is 9.14. The van der Waals surface area contributed by atoms with E-state index in [2.05, 4.69) is 15.9 Å². The van der Waals surface area contributed by atoms with Gasteiger partial charge in [-0.15, -0.1) is 0 Å². The molecule has 1 radical (unpaired) electrons. The number of hydrogen-bond donors (Lipinski definition) is 1. The molecule has 0 bridgehead atoms. The molecule has 0 aliphatic rings. The Kier molecular flexibility index (Phi) is 3.09. The van der Waals surface area contributed by atoms with E-state index < -0.39 is 6.67 Å². The Bertz CT molecular complexity index is 275. The fourth-order valence-corrected chi connectivity index (χ4v) is 1.52. The SMILES string of the molecule is C[C](CF)c1cccc(O)c1Br. The van der Waals surface area contributed by atoms with Crippen LogP contribution in [0.2, 0.25) is 0 Å². The molecule has 0 heterocycles. The predicted molar refractivity (Wildman–Crippen MR) is 49.8 cm³/mol. The molecular formula is C9H9BrFO. The first-order valence-corrected chi connectivity index (χ1v) is 4.32. The van der Waals surface area contributed by atoms with Gasteiger partial charge in [-0.05, 0) is 27.6 Å². The maximum absolute atomic E-state index is 12.2. The van der Waals surface area contributed by atoms with Crippen molar-refractivity contribution in [2.45, 2.75) is 6.92 Å². The molecule has 0 aliphatic heterocycles. The quantitative estimate of drug-likeness (QED) is 0.830. The maximum Gasteiger partial charge on any atom is 0.130 e. The average Bonchev–Trinajstić information content (AvgIpc) is 2.08. The van der Waals surface area contributed by atoms with Crippen molar-refractivity contribution in [3.05, 3.63) is 34.2 Å². The summed E-state index contributed by atoms with van der Waals surface area (Å²) in [5.74, 6) is 0.748. The summed E-state index contributed by atoms with van der Waals surface area (Å²) in [5, 5.41) is 9.26. The van der Waals surface area contributed by atoms with E-state index in [0.717, 1.165) is 5.56 Å². The first kappa shape index (κ1) is 9.52. The van der Waals surface area contributed by atoms with Gasteiger partial charge in [0.2, 0.25) is 0 Å². The molecule has 0 spiro atoms.